The van der Waals surface area contributed by atoms with Gasteiger partial charge in [-0.25, -0.2) is 17.9 Å². The van der Waals surface area contributed by atoms with E-state index in [4.69, 9.17) is 0 Å². The monoisotopic (exact) mass is 381 g/mol. The second-order valence-corrected chi connectivity index (χ2v) is 9.06. The average molecular weight is 381 g/mol. The van der Waals surface area contributed by atoms with Gasteiger partial charge in [0.2, 0.25) is 10.0 Å². The van der Waals surface area contributed by atoms with Crippen molar-refractivity contribution in [2.24, 2.45) is 5.92 Å². The summed E-state index contributed by atoms with van der Waals surface area (Å²) in [5.41, 5.74) is -0.173. The highest BCUT2D eigenvalue weighted by Gasteiger charge is 2.46. The van der Waals surface area contributed by atoms with E-state index in [1.165, 1.54) is 17.0 Å². The summed E-state index contributed by atoms with van der Waals surface area (Å²) in [6.07, 6.45) is 1.36. The van der Waals surface area contributed by atoms with Crippen molar-refractivity contribution in [3.63, 3.8) is 0 Å². The Kier molecular flexibility index (Phi) is 6.08. The minimum atomic E-state index is -3.56. The van der Waals surface area contributed by atoms with Gasteiger partial charge in [0.1, 0.15) is 5.54 Å². The van der Waals surface area contributed by atoms with E-state index < -0.39 is 21.6 Å². The molecule has 1 aromatic rings. The SMILES string of the molecule is CCCC1(C)NC(=O)N(Cc2ccc(S(=O)(=O)NCC(C)C)cc2)C1=O. The van der Waals surface area contributed by atoms with E-state index in [0.717, 1.165) is 6.42 Å². The molecule has 0 radical (unpaired) electrons. The lowest BCUT2D eigenvalue weighted by atomic mass is 9.96. The predicted octanol–water partition coefficient (Wildman–Crippen LogP) is 2.23. The summed E-state index contributed by atoms with van der Waals surface area (Å²) < 4.78 is 27.0. The molecular formula is C18H27N3O4S. The number of sulfonamides is 1. The molecule has 1 saturated heterocycles. The fourth-order valence-corrected chi connectivity index (χ4v) is 4.09. The van der Waals surface area contributed by atoms with Gasteiger partial charge in [-0.05, 0) is 37.0 Å². The molecule has 0 saturated carbocycles. The zero-order valence-corrected chi connectivity index (χ0v) is 16.5. The van der Waals surface area contributed by atoms with Crippen LogP contribution in [0.4, 0.5) is 4.79 Å². The maximum Gasteiger partial charge on any atom is 0.325 e. The largest absolute Gasteiger partial charge is 0.325 e. The Hall–Kier alpha value is -1.93. The van der Waals surface area contributed by atoms with E-state index in [2.05, 4.69) is 10.0 Å². The molecule has 1 unspecified atom stereocenters. The van der Waals surface area contributed by atoms with Crippen LogP contribution in [-0.4, -0.2) is 37.3 Å². The molecule has 7 nitrogen and oxygen atoms in total. The highest BCUT2D eigenvalue weighted by atomic mass is 32.2. The number of urea groups is 1. The topological polar surface area (TPSA) is 95.6 Å². The first-order valence-electron chi connectivity index (χ1n) is 8.82. The van der Waals surface area contributed by atoms with Crippen LogP contribution in [0.5, 0.6) is 0 Å². The summed E-state index contributed by atoms with van der Waals surface area (Å²) in [5, 5.41) is 2.75. The molecular weight excluding hydrogens is 354 g/mol. The van der Waals surface area contributed by atoms with Crippen LogP contribution < -0.4 is 10.0 Å². The molecule has 1 fully saturated rings. The number of rotatable bonds is 8. The molecule has 144 valence electrons. The Bertz CT molecular complexity index is 774. The van der Waals surface area contributed by atoms with Crippen molar-refractivity contribution in [2.45, 2.75) is 57.5 Å². The maximum atomic E-state index is 12.5. The Balaban J connectivity index is 2.10. The number of amides is 3. The summed E-state index contributed by atoms with van der Waals surface area (Å²) in [5.74, 6) is -0.0409. The minimum absolute atomic E-state index is 0.115. The van der Waals surface area contributed by atoms with Crippen LogP contribution in [0.2, 0.25) is 0 Å². The summed E-state index contributed by atoms with van der Waals surface area (Å²) >= 11 is 0. The highest BCUT2D eigenvalue weighted by Crippen LogP contribution is 2.24. The van der Waals surface area contributed by atoms with Gasteiger partial charge in [0.05, 0.1) is 11.4 Å². The quantitative estimate of drug-likeness (QED) is 0.675. The Morgan fingerprint density at radius 3 is 2.35 bits per heavy atom. The zero-order chi connectivity index (χ0) is 19.5. The van der Waals surface area contributed by atoms with Crippen molar-refractivity contribution in [3.8, 4) is 0 Å². The molecule has 1 aliphatic heterocycles. The smallest absolute Gasteiger partial charge is 0.323 e. The fraction of sp³-hybridized carbons (Fsp3) is 0.556. The van der Waals surface area contributed by atoms with Crippen LogP contribution in [0.15, 0.2) is 29.2 Å². The van der Waals surface area contributed by atoms with Crippen molar-refractivity contribution in [1.82, 2.24) is 14.9 Å². The van der Waals surface area contributed by atoms with Gasteiger partial charge in [0.15, 0.2) is 0 Å². The molecule has 2 N–H and O–H groups in total. The van der Waals surface area contributed by atoms with Gasteiger partial charge < -0.3 is 5.32 Å². The van der Waals surface area contributed by atoms with Gasteiger partial charge in [-0.2, -0.15) is 0 Å². The third kappa shape index (κ3) is 4.42. The summed E-state index contributed by atoms with van der Waals surface area (Å²) in [6, 6.07) is 5.81. The first kappa shape index (κ1) is 20.4. The number of carbonyl (C=O) groups excluding carboxylic acids is 2. The van der Waals surface area contributed by atoms with E-state index in [1.54, 1.807) is 19.1 Å². The van der Waals surface area contributed by atoms with Gasteiger partial charge in [-0.15, -0.1) is 0 Å². The van der Waals surface area contributed by atoms with Crippen LogP contribution in [0.1, 0.15) is 46.1 Å². The lowest BCUT2D eigenvalue weighted by Crippen LogP contribution is -2.43. The molecule has 1 atom stereocenters. The van der Waals surface area contributed by atoms with Crippen LogP contribution in [0.25, 0.3) is 0 Å². The normalized spacial score (nSPS) is 20.7. The molecule has 0 spiro atoms. The summed E-state index contributed by atoms with van der Waals surface area (Å²) in [6.45, 7) is 8.02. The minimum Gasteiger partial charge on any atom is -0.323 e. The molecule has 0 aromatic heterocycles. The number of imide groups is 1. The molecule has 0 aliphatic carbocycles. The third-order valence-corrected chi connectivity index (χ3v) is 5.79. The fourth-order valence-electron chi connectivity index (χ4n) is 2.88. The van der Waals surface area contributed by atoms with Crippen molar-refractivity contribution in [1.29, 1.82) is 0 Å². The van der Waals surface area contributed by atoms with E-state index >= 15 is 0 Å². The molecule has 1 aliphatic rings. The lowest BCUT2D eigenvalue weighted by Gasteiger charge is -2.20. The summed E-state index contributed by atoms with van der Waals surface area (Å²) in [7, 11) is -3.56. The van der Waals surface area contributed by atoms with Crippen molar-refractivity contribution >= 4 is 22.0 Å². The number of benzene rings is 1. The number of carbonyl (C=O) groups is 2. The van der Waals surface area contributed by atoms with Crippen LogP contribution in [0, 0.1) is 5.92 Å². The molecule has 1 aromatic carbocycles. The highest BCUT2D eigenvalue weighted by molar-refractivity contribution is 7.89. The molecule has 2 rings (SSSR count). The summed E-state index contributed by atoms with van der Waals surface area (Å²) in [4.78, 5) is 26.0. The molecule has 1 heterocycles. The van der Waals surface area contributed by atoms with Crippen LogP contribution >= 0.6 is 0 Å². The van der Waals surface area contributed by atoms with Crippen molar-refractivity contribution < 1.29 is 18.0 Å². The second kappa shape index (κ2) is 7.75. The van der Waals surface area contributed by atoms with Gasteiger partial charge in [-0.1, -0.05) is 39.3 Å². The van der Waals surface area contributed by atoms with Crippen LogP contribution in [0.3, 0.4) is 0 Å². The Morgan fingerprint density at radius 2 is 1.81 bits per heavy atom. The lowest BCUT2D eigenvalue weighted by molar-refractivity contribution is -0.131. The van der Waals surface area contributed by atoms with E-state index in [-0.39, 0.29) is 23.3 Å². The maximum absolute atomic E-state index is 12.5. The number of hydrogen-bond donors (Lipinski definition) is 2. The number of nitrogens with zero attached hydrogens (tertiary/aromatic N) is 1. The van der Waals surface area contributed by atoms with Gasteiger partial charge >= 0.3 is 6.03 Å². The Labute approximate surface area is 155 Å². The van der Waals surface area contributed by atoms with E-state index in [9.17, 15) is 18.0 Å². The Morgan fingerprint density at radius 1 is 1.19 bits per heavy atom. The van der Waals surface area contributed by atoms with Gasteiger partial charge in [0.25, 0.3) is 5.91 Å². The third-order valence-electron chi connectivity index (χ3n) is 4.35. The molecule has 26 heavy (non-hydrogen) atoms. The zero-order valence-electron chi connectivity index (χ0n) is 15.7. The van der Waals surface area contributed by atoms with Crippen LogP contribution in [-0.2, 0) is 21.4 Å². The molecule has 8 heteroatoms. The standard InChI is InChI=1S/C18H27N3O4S/c1-5-10-18(4)16(22)21(17(23)20-18)12-14-6-8-15(9-7-14)26(24,25)19-11-13(2)3/h6-9,13,19H,5,10-12H2,1-4H3,(H,20,23). The van der Waals surface area contributed by atoms with Crippen molar-refractivity contribution in [3.05, 3.63) is 29.8 Å². The first-order valence-corrected chi connectivity index (χ1v) is 10.3. The number of hydrogen-bond acceptors (Lipinski definition) is 4. The molecule has 0 bridgehead atoms. The van der Waals surface area contributed by atoms with Gasteiger partial charge in [0, 0.05) is 6.54 Å². The number of nitrogens with one attached hydrogen (secondary N) is 2. The van der Waals surface area contributed by atoms with E-state index in [1.807, 2.05) is 20.8 Å². The predicted molar refractivity (Wildman–Crippen MR) is 98.9 cm³/mol. The van der Waals surface area contributed by atoms with Gasteiger partial charge in [-0.3, -0.25) is 9.69 Å². The van der Waals surface area contributed by atoms with E-state index in [0.29, 0.717) is 18.5 Å². The average Bonchev–Trinajstić information content (AvgIpc) is 2.77. The molecule has 3 amide bonds. The van der Waals surface area contributed by atoms with Crippen molar-refractivity contribution in [2.75, 3.05) is 6.54 Å². The second-order valence-electron chi connectivity index (χ2n) is 7.29. The first-order chi connectivity index (χ1) is 12.1.